The van der Waals surface area contributed by atoms with Gasteiger partial charge in [-0.2, -0.15) is 0 Å². The molecule has 1 aliphatic heterocycles. The van der Waals surface area contributed by atoms with Crippen molar-refractivity contribution in [2.24, 2.45) is 5.92 Å². The average molecular weight is 373 g/mol. The zero-order valence-electron chi connectivity index (χ0n) is 16.4. The molecule has 0 radical (unpaired) electrons. The van der Waals surface area contributed by atoms with E-state index < -0.39 is 0 Å². The van der Waals surface area contributed by atoms with Gasteiger partial charge in [-0.05, 0) is 44.1 Å². The summed E-state index contributed by atoms with van der Waals surface area (Å²) in [6.07, 6.45) is 6.21. The Morgan fingerprint density at radius 3 is 2.44 bits per heavy atom. The maximum Gasteiger partial charge on any atom is 0.234 e. The van der Waals surface area contributed by atoms with Crippen LogP contribution in [0.5, 0.6) is 0 Å². The van der Waals surface area contributed by atoms with Crippen molar-refractivity contribution < 1.29 is 14.3 Å². The highest BCUT2D eigenvalue weighted by atomic mass is 16.7. The summed E-state index contributed by atoms with van der Waals surface area (Å²) in [7, 11) is 0. The molecule has 1 amide bonds. The first-order valence-electron chi connectivity index (χ1n) is 10.5. The summed E-state index contributed by atoms with van der Waals surface area (Å²) in [5.74, 6) is 0.529. The molecule has 1 unspecified atom stereocenters. The minimum atomic E-state index is -0.360. The molecule has 1 N–H and O–H groups in total. The van der Waals surface area contributed by atoms with Gasteiger partial charge in [0.25, 0.3) is 0 Å². The van der Waals surface area contributed by atoms with Gasteiger partial charge in [-0.3, -0.25) is 9.69 Å². The molecule has 5 nitrogen and oxygen atoms in total. The molecule has 27 heavy (non-hydrogen) atoms. The average Bonchev–Trinajstić information content (AvgIpc) is 3.44. The summed E-state index contributed by atoms with van der Waals surface area (Å²) in [4.78, 5) is 15.1. The monoisotopic (exact) mass is 372 g/mol. The Hall–Kier alpha value is -1.43. The number of ether oxygens (including phenoxy) is 2. The predicted molar refractivity (Wildman–Crippen MR) is 104 cm³/mol. The van der Waals surface area contributed by atoms with E-state index in [1.807, 2.05) is 6.07 Å². The highest BCUT2D eigenvalue weighted by molar-refractivity contribution is 5.78. The first-order valence-corrected chi connectivity index (χ1v) is 10.5. The van der Waals surface area contributed by atoms with Crippen LogP contribution < -0.4 is 5.32 Å². The number of nitrogens with zero attached hydrogens (tertiary/aromatic N) is 1. The molecule has 148 valence electrons. The molecule has 4 rings (SSSR count). The molecule has 1 atom stereocenters. The van der Waals surface area contributed by atoms with E-state index in [-0.39, 0.29) is 17.7 Å². The molecule has 1 aromatic rings. The van der Waals surface area contributed by atoms with E-state index in [0.717, 1.165) is 38.1 Å². The first-order chi connectivity index (χ1) is 13.1. The van der Waals surface area contributed by atoms with Crippen LogP contribution in [-0.4, -0.2) is 48.4 Å². The van der Waals surface area contributed by atoms with E-state index in [0.29, 0.717) is 25.8 Å². The maximum atomic E-state index is 12.8. The molecule has 5 heteroatoms. The molecular formula is C22H32N2O3. The van der Waals surface area contributed by atoms with E-state index in [4.69, 9.17) is 9.47 Å². The lowest BCUT2D eigenvalue weighted by Crippen LogP contribution is -2.48. The Bertz CT molecular complexity index is 616. The van der Waals surface area contributed by atoms with Crippen LogP contribution in [0.4, 0.5) is 0 Å². The van der Waals surface area contributed by atoms with Crippen LogP contribution in [0.15, 0.2) is 30.3 Å². The third-order valence-electron chi connectivity index (χ3n) is 6.38. The van der Waals surface area contributed by atoms with Crippen molar-refractivity contribution in [3.8, 4) is 0 Å². The molecule has 1 heterocycles. The number of rotatable bonds is 7. The minimum Gasteiger partial charge on any atom is -0.352 e. The quantitative estimate of drug-likeness (QED) is 0.799. The van der Waals surface area contributed by atoms with Crippen molar-refractivity contribution in [2.45, 2.75) is 69.9 Å². The molecule has 2 aliphatic carbocycles. The van der Waals surface area contributed by atoms with Crippen molar-refractivity contribution in [1.82, 2.24) is 10.2 Å². The van der Waals surface area contributed by atoms with E-state index in [1.54, 1.807) is 0 Å². The van der Waals surface area contributed by atoms with E-state index >= 15 is 0 Å². The zero-order chi connectivity index (χ0) is 18.7. The Labute approximate surface area is 162 Å². The summed E-state index contributed by atoms with van der Waals surface area (Å²) in [5, 5.41) is 3.26. The largest absolute Gasteiger partial charge is 0.352 e. The molecule has 1 aromatic carbocycles. The van der Waals surface area contributed by atoms with Gasteiger partial charge in [-0.15, -0.1) is 0 Å². The number of nitrogens with one attached hydrogen (secondary N) is 1. The molecule has 2 saturated carbocycles. The molecule has 1 saturated heterocycles. The number of benzene rings is 1. The second-order valence-corrected chi connectivity index (χ2v) is 8.42. The third-order valence-corrected chi connectivity index (χ3v) is 6.38. The van der Waals surface area contributed by atoms with Crippen molar-refractivity contribution in [2.75, 3.05) is 19.8 Å². The van der Waals surface area contributed by atoms with Crippen LogP contribution in [-0.2, 0) is 20.8 Å². The van der Waals surface area contributed by atoms with Crippen LogP contribution in [0.3, 0.4) is 0 Å². The fourth-order valence-electron chi connectivity index (χ4n) is 4.48. The van der Waals surface area contributed by atoms with Crippen molar-refractivity contribution in [1.29, 1.82) is 0 Å². The van der Waals surface area contributed by atoms with Gasteiger partial charge in [0, 0.05) is 31.5 Å². The summed E-state index contributed by atoms with van der Waals surface area (Å²) in [6.45, 7) is 4.98. The minimum absolute atomic E-state index is 0.146. The van der Waals surface area contributed by atoms with Crippen molar-refractivity contribution in [3.63, 3.8) is 0 Å². The van der Waals surface area contributed by atoms with Gasteiger partial charge in [-0.25, -0.2) is 0 Å². The van der Waals surface area contributed by atoms with Crippen molar-refractivity contribution in [3.05, 3.63) is 35.9 Å². The molecule has 3 fully saturated rings. The summed E-state index contributed by atoms with van der Waals surface area (Å²) in [6, 6.07) is 11.2. The fourth-order valence-corrected chi connectivity index (χ4v) is 4.48. The first kappa shape index (κ1) is 18.9. The number of carbonyl (C=O) groups is 1. The highest BCUT2D eigenvalue weighted by Gasteiger charge is 2.40. The second-order valence-electron chi connectivity index (χ2n) is 8.42. The number of amides is 1. The lowest BCUT2D eigenvalue weighted by molar-refractivity contribution is -0.180. The maximum absolute atomic E-state index is 12.8. The Balaban J connectivity index is 1.30. The molecule has 0 bridgehead atoms. The van der Waals surface area contributed by atoms with Gasteiger partial charge in [0.1, 0.15) is 0 Å². The summed E-state index contributed by atoms with van der Waals surface area (Å²) >= 11 is 0. The van der Waals surface area contributed by atoms with Gasteiger partial charge in [-0.1, -0.05) is 30.3 Å². The predicted octanol–water partition coefficient (Wildman–Crippen LogP) is 3.09. The molecule has 3 aliphatic rings. The van der Waals surface area contributed by atoms with Crippen LogP contribution in [0.2, 0.25) is 0 Å². The number of hydrogen-bond donors (Lipinski definition) is 1. The molecule has 1 spiro atoms. The van der Waals surface area contributed by atoms with Gasteiger partial charge < -0.3 is 14.8 Å². The number of carbonyl (C=O) groups excluding carboxylic acids is 1. The zero-order valence-corrected chi connectivity index (χ0v) is 16.4. The lowest BCUT2D eigenvalue weighted by atomic mass is 9.90. The van der Waals surface area contributed by atoms with E-state index in [1.165, 1.54) is 18.4 Å². The van der Waals surface area contributed by atoms with Crippen LogP contribution in [0.1, 0.15) is 51.0 Å². The summed E-state index contributed by atoms with van der Waals surface area (Å²) < 4.78 is 11.6. The van der Waals surface area contributed by atoms with Crippen molar-refractivity contribution >= 4 is 5.91 Å². The second kappa shape index (κ2) is 8.29. The van der Waals surface area contributed by atoms with Gasteiger partial charge in [0.15, 0.2) is 5.79 Å². The van der Waals surface area contributed by atoms with Crippen LogP contribution in [0.25, 0.3) is 0 Å². The molecule has 0 aromatic heterocycles. The summed E-state index contributed by atoms with van der Waals surface area (Å²) in [5.41, 5.74) is 1.27. The Kier molecular flexibility index (Phi) is 5.81. The SMILES string of the molecule is CC(C1CC1)N(CC(=O)NC1CCC2(CC1)OCCO2)Cc1ccccc1. The smallest absolute Gasteiger partial charge is 0.234 e. The van der Waals surface area contributed by atoms with E-state index in [9.17, 15) is 4.79 Å². The standard InChI is InChI=1S/C22H32N2O3/c1-17(19-7-8-19)24(15-18-5-3-2-4-6-18)16-21(25)23-20-9-11-22(12-10-20)26-13-14-27-22/h2-6,17,19-20H,7-16H2,1H3,(H,23,25). The number of hydrogen-bond acceptors (Lipinski definition) is 4. The normalized spacial score (nSPS) is 23.6. The van der Waals surface area contributed by atoms with Gasteiger partial charge in [0.05, 0.1) is 19.8 Å². The Morgan fingerprint density at radius 1 is 1.15 bits per heavy atom. The highest BCUT2D eigenvalue weighted by Crippen LogP contribution is 2.36. The Morgan fingerprint density at radius 2 is 1.81 bits per heavy atom. The third kappa shape index (κ3) is 4.89. The van der Waals surface area contributed by atoms with E-state index in [2.05, 4.69) is 41.4 Å². The van der Waals surface area contributed by atoms with Gasteiger partial charge >= 0.3 is 0 Å². The molecular weight excluding hydrogens is 340 g/mol. The van der Waals surface area contributed by atoms with Crippen LogP contribution in [0, 0.1) is 5.92 Å². The topological polar surface area (TPSA) is 50.8 Å². The lowest BCUT2D eigenvalue weighted by Gasteiger charge is -2.36. The fraction of sp³-hybridized carbons (Fsp3) is 0.682. The van der Waals surface area contributed by atoms with Gasteiger partial charge in [0.2, 0.25) is 5.91 Å². The van der Waals surface area contributed by atoms with Crippen LogP contribution >= 0.6 is 0 Å².